The number of morpholine rings is 1. The summed E-state index contributed by atoms with van der Waals surface area (Å²) >= 11 is 0. The van der Waals surface area contributed by atoms with Gasteiger partial charge in [0.05, 0.1) is 19.4 Å². The van der Waals surface area contributed by atoms with E-state index in [2.05, 4.69) is 16.1 Å². The van der Waals surface area contributed by atoms with Crippen molar-refractivity contribution < 1.29 is 9.47 Å². The fourth-order valence-electron chi connectivity index (χ4n) is 2.17. The van der Waals surface area contributed by atoms with Crippen LogP contribution in [0.15, 0.2) is 24.3 Å². The van der Waals surface area contributed by atoms with Gasteiger partial charge in [-0.15, -0.1) is 0 Å². The normalized spacial score (nSPS) is 17.1. The van der Waals surface area contributed by atoms with Crippen molar-refractivity contribution in [1.29, 1.82) is 0 Å². The predicted molar refractivity (Wildman–Crippen MR) is 69.9 cm³/mol. The molecule has 0 bridgehead atoms. The number of hydrogen-bond donors (Lipinski definition) is 1. The van der Waals surface area contributed by atoms with Gasteiger partial charge in [-0.05, 0) is 24.3 Å². The number of nitrogens with one attached hydrogen (secondary N) is 1. The maximum Gasteiger partial charge on any atom is 0.120 e. The molecule has 0 atom stereocenters. The Morgan fingerprint density at radius 1 is 1.33 bits per heavy atom. The van der Waals surface area contributed by atoms with E-state index in [-0.39, 0.29) is 0 Å². The van der Waals surface area contributed by atoms with E-state index >= 15 is 0 Å². The lowest BCUT2D eigenvalue weighted by Gasteiger charge is -2.26. The van der Waals surface area contributed by atoms with Gasteiger partial charge in [0, 0.05) is 30.5 Å². The zero-order valence-corrected chi connectivity index (χ0v) is 10.3. The van der Waals surface area contributed by atoms with Crippen molar-refractivity contribution >= 4 is 10.9 Å². The van der Waals surface area contributed by atoms with Crippen molar-refractivity contribution in [3.8, 4) is 5.75 Å². The lowest BCUT2D eigenvalue weighted by atomic mass is 10.2. The van der Waals surface area contributed by atoms with E-state index in [1.54, 1.807) is 0 Å². The number of rotatable bonds is 4. The summed E-state index contributed by atoms with van der Waals surface area (Å²) in [5, 5.41) is 1.14. The summed E-state index contributed by atoms with van der Waals surface area (Å²) in [5.74, 6) is 0.920. The van der Waals surface area contributed by atoms with Gasteiger partial charge < -0.3 is 14.5 Å². The summed E-state index contributed by atoms with van der Waals surface area (Å²) in [4.78, 5) is 5.42. The van der Waals surface area contributed by atoms with Crippen LogP contribution >= 0.6 is 0 Å². The molecule has 4 heteroatoms. The number of H-pyrrole nitrogens is 1. The van der Waals surface area contributed by atoms with Crippen LogP contribution in [0.1, 0.15) is 0 Å². The summed E-state index contributed by atoms with van der Waals surface area (Å²) < 4.78 is 11.1. The number of hydrogen-bond acceptors (Lipinski definition) is 3. The molecule has 1 aliphatic heterocycles. The van der Waals surface area contributed by atoms with Crippen molar-refractivity contribution in [2.45, 2.75) is 0 Å². The second-order valence-corrected chi connectivity index (χ2v) is 4.47. The van der Waals surface area contributed by atoms with Crippen LogP contribution in [0.5, 0.6) is 5.75 Å². The van der Waals surface area contributed by atoms with Gasteiger partial charge in [-0.3, -0.25) is 4.90 Å². The highest BCUT2D eigenvalue weighted by Gasteiger charge is 2.09. The summed E-state index contributed by atoms with van der Waals surface area (Å²) in [7, 11) is 0. The van der Waals surface area contributed by atoms with Crippen molar-refractivity contribution in [3.63, 3.8) is 0 Å². The molecule has 1 aromatic heterocycles. The first kappa shape index (κ1) is 11.6. The van der Waals surface area contributed by atoms with Crippen LogP contribution in [0.2, 0.25) is 0 Å². The van der Waals surface area contributed by atoms with Gasteiger partial charge in [0.15, 0.2) is 0 Å². The van der Waals surface area contributed by atoms with Crippen LogP contribution in [-0.4, -0.2) is 49.3 Å². The van der Waals surface area contributed by atoms with Crippen LogP contribution in [-0.2, 0) is 4.74 Å². The molecule has 1 N–H and O–H groups in total. The Labute approximate surface area is 106 Å². The first-order valence-corrected chi connectivity index (χ1v) is 6.33. The number of fused-ring (bicyclic) bond motifs is 1. The molecule has 0 unspecified atom stereocenters. The van der Waals surface area contributed by atoms with Crippen LogP contribution in [0.4, 0.5) is 0 Å². The van der Waals surface area contributed by atoms with Crippen LogP contribution in [0.25, 0.3) is 10.9 Å². The number of aromatic amines is 1. The number of ether oxygens (including phenoxy) is 2. The van der Waals surface area contributed by atoms with Gasteiger partial charge in [0.25, 0.3) is 0 Å². The SMILES string of the molecule is [c]1cc2cc(OCCN3CCOCC3)ccc2[nH]1. The van der Waals surface area contributed by atoms with Crippen LogP contribution < -0.4 is 4.74 Å². The number of benzene rings is 1. The summed E-state index contributed by atoms with van der Waals surface area (Å²) in [5.41, 5.74) is 1.09. The van der Waals surface area contributed by atoms with Crippen LogP contribution in [0.3, 0.4) is 0 Å². The molecule has 1 aromatic carbocycles. The average Bonchev–Trinajstić information content (AvgIpc) is 2.87. The van der Waals surface area contributed by atoms with Gasteiger partial charge in [-0.25, -0.2) is 0 Å². The van der Waals surface area contributed by atoms with E-state index < -0.39 is 0 Å². The second kappa shape index (κ2) is 5.42. The quantitative estimate of drug-likeness (QED) is 0.890. The van der Waals surface area contributed by atoms with Crippen molar-refractivity contribution in [2.24, 2.45) is 0 Å². The lowest BCUT2D eigenvalue weighted by molar-refractivity contribution is 0.0322. The Hall–Kier alpha value is -1.52. The van der Waals surface area contributed by atoms with E-state index in [1.807, 2.05) is 24.3 Å². The third-order valence-electron chi connectivity index (χ3n) is 3.24. The van der Waals surface area contributed by atoms with Gasteiger partial charge in [-0.1, -0.05) is 0 Å². The molecular formula is C14H17N2O2. The topological polar surface area (TPSA) is 37.5 Å². The van der Waals surface area contributed by atoms with E-state index in [0.29, 0.717) is 0 Å². The fraction of sp³-hybridized carbons (Fsp3) is 0.429. The van der Waals surface area contributed by atoms with Crippen LogP contribution in [0, 0.1) is 6.20 Å². The van der Waals surface area contributed by atoms with Crippen molar-refractivity contribution in [2.75, 3.05) is 39.5 Å². The molecule has 1 fully saturated rings. The highest BCUT2D eigenvalue weighted by atomic mass is 16.5. The summed E-state index contributed by atoms with van der Waals surface area (Å²) in [6, 6.07) is 7.99. The first-order chi connectivity index (χ1) is 8.92. The van der Waals surface area contributed by atoms with E-state index in [0.717, 1.165) is 56.1 Å². The molecule has 95 valence electrons. The Bertz CT molecular complexity index is 503. The molecule has 3 rings (SSSR count). The Morgan fingerprint density at radius 2 is 2.22 bits per heavy atom. The maximum atomic E-state index is 5.78. The van der Waals surface area contributed by atoms with Gasteiger partial charge in [0.1, 0.15) is 12.4 Å². The van der Waals surface area contributed by atoms with E-state index in [9.17, 15) is 0 Å². The third-order valence-corrected chi connectivity index (χ3v) is 3.24. The molecule has 0 amide bonds. The highest BCUT2D eigenvalue weighted by molar-refractivity contribution is 5.80. The van der Waals surface area contributed by atoms with Gasteiger partial charge in [-0.2, -0.15) is 0 Å². The first-order valence-electron chi connectivity index (χ1n) is 6.33. The van der Waals surface area contributed by atoms with E-state index in [1.165, 1.54) is 0 Å². The average molecular weight is 245 g/mol. The lowest BCUT2D eigenvalue weighted by Crippen LogP contribution is -2.38. The van der Waals surface area contributed by atoms with E-state index in [4.69, 9.17) is 9.47 Å². The molecule has 0 spiro atoms. The zero-order chi connectivity index (χ0) is 12.2. The monoisotopic (exact) mass is 245 g/mol. The molecule has 1 aliphatic rings. The predicted octanol–water partition coefficient (Wildman–Crippen LogP) is 1.68. The van der Waals surface area contributed by atoms with Gasteiger partial charge >= 0.3 is 0 Å². The molecule has 2 heterocycles. The molecule has 1 radical (unpaired) electrons. The van der Waals surface area contributed by atoms with Crippen molar-refractivity contribution in [3.05, 3.63) is 30.5 Å². The minimum absolute atomic E-state index is 0.722. The van der Waals surface area contributed by atoms with Gasteiger partial charge in [0.2, 0.25) is 0 Å². The number of nitrogens with zero attached hydrogens (tertiary/aromatic N) is 1. The summed E-state index contributed by atoms with van der Waals surface area (Å²) in [6.45, 7) is 5.38. The summed E-state index contributed by atoms with van der Waals surface area (Å²) in [6.07, 6.45) is 2.97. The largest absolute Gasteiger partial charge is 0.492 e. The molecule has 4 nitrogen and oxygen atoms in total. The molecule has 18 heavy (non-hydrogen) atoms. The molecule has 2 aromatic rings. The fourth-order valence-corrected chi connectivity index (χ4v) is 2.17. The Balaban J connectivity index is 1.52. The Morgan fingerprint density at radius 3 is 3.11 bits per heavy atom. The Kier molecular flexibility index (Phi) is 3.48. The highest BCUT2D eigenvalue weighted by Crippen LogP contribution is 2.19. The second-order valence-electron chi connectivity index (χ2n) is 4.47. The third kappa shape index (κ3) is 2.66. The minimum atomic E-state index is 0.722. The minimum Gasteiger partial charge on any atom is -0.492 e. The standard InChI is InChI=1S/C14H17N2O2/c1-2-14-12(3-4-15-14)11-13(1)18-10-7-16-5-8-17-9-6-16/h1-3,11,15H,5-10H2. The maximum absolute atomic E-state index is 5.78. The molecule has 0 saturated carbocycles. The number of aromatic nitrogens is 1. The molecule has 0 aliphatic carbocycles. The smallest absolute Gasteiger partial charge is 0.120 e. The molecule has 1 saturated heterocycles. The molecular weight excluding hydrogens is 228 g/mol. The van der Waals surface area contributed by atoms with Crippen molar-refractivity contribution in [1.82, 2.24) is 9.88 Å². The zero-order valence-electron chi connectivity index (χ0n) is 10.3.